The third-order valence-electron chi connectivity index (χ3n) is 7.80. The predicted octanol–water partition coefficient (Wildman–Crippen LogP) is 5.52. The highest BCUT2D eigenvalue weighted by Gasteiger charge is 2.41. The SMILES string of the molecule is Cc1cccc(C)c1C(=O)NC1CCN(c2ccc(CC(=O)c3oc(N4CCCCC4)nc3C(F)(F)F)cn2)CC1. The van der Waals surface area contributed by atoms with Crippen molar-refractivity contribution in [2.45, 2.75) is 64.6 Å². The van der Waals surface area contributed by atoms with Crippen molar-refractivity contribution in [1.82, 2.24) is 15.3 Å². The van der Waals surface area contributed by atoms with Crippen LogP contribution in [0.4, 0.5) is 25.0 Å². The number of oxazole rings is 1. The van der Waals surface area contributed by atoms with E-state index in [-0.39, 0.29) is 24.4 Å². The van der Waals surface area contributed by atoms with Crippen molar-refractivity contribution < 1.29 is 27.2 Å². The Bertz CT molecular complexity index is 1370. The van der Waals surface area contributed by atoms with E-state index in [0.717, 1.165) is 48.8 Å². The maximum atomic E-state index is 13.7. The second-order valence-corrected chi connectivity index (χ2v) is 10.8. The number of halogens is 3. The highest BCUT2D eigenvalue weighted by Crippen LogP contribution is 2.35. The molecule has 218 valence electrons. The smallest absolute Gasteiger partial charge is 0.420 e. The maximum absolute atomic E-state index is 13.7. The summed E-state index contributed by atoms with van der Waals surface area (Å²) in [5, 5.41) is 3.15. The number of nitrogens with one attached hydrogen (secondary N) is 1. The fourth-order valence-electron chi connectivity index (χ4n) is 5.57. The van der Waals surface area contributed by atoms with E-state index in [1.807, 2.05) is 32.0 Å². The number of pyridine rings is 1. The predicted molar refractivity (Wildman–Crippen MR) is 148 cm³/mol. The molecule has 0 bridgehead atoms. The van der Waals surface area contributed by atoms with Gasteiger partial charge in [0.25, 0.3) is 11.9 Å². The number of alkyl halides is 3. The van der Waals surface area contributed by atoms with Crippen LogP contribution >= 0.6 is 0 Å². The molecule has 2 aliphatic rings. The molecule has 0 saturated carbocycles. The number of carbonyl (C=O) groups is 2. The summed E-state index contributed by atoms with van der Waals surface area (Å²) in [5.41, 5.74) is 1.82. The summed E-state index contributed by atoms with van der Waals surface area (Å²) in [4.78, 5) is 37.6. The van der Waals surface area contributed by atoms with Gasteiger partial charge in [0.2, 0.25) is 11.5 Å². The Kier molecular flexibility index (Phi) is 8.32. The molecule has 3 aromatic rings. The van der Waals surface area contributed by atoms with Gasteiger partial charge in [0, 0.05) is 50.4 Å². The minimum Gasteiger partial charge on any atom is -0.420 e. The molecule has 4 heterocycles. The van der Waals surface area contributed by atoms with Crippen LogP contribution in [0.2, 0.25) is 0 Å². The van der Waals surface area contributed by atoms with Crippen molar-refractivity contribution in [2.75, 3.05) is 36.0 Å². The number of amides is 1. The van der Waals surface area contributed by atoms with E-state index in [1.54, 1.807) is 17.0 Å². The van der Waals surface area contributed by atoms with Gasteiger partial charge < -0.3 is 19.5 Å². The Hall–Kier alpha value is -3.89. The van der Waals surface area contributed by atoms with Gasteiger partial charge in [-0.2, -0.15) is 18.2 Å². The maximum Gasteiger partial charge on any atom is 0.437 e. The first-order valence-corrected chi connectivity index (χ1v) is 14.0. The third kappa shape index (κ3) is 6.55. The number of rotatable bonds is 7. The molecule has 0 unspecified atom stereocenters. The van der Waals surface area contributed by atoms with Crippen LogP contribution in [0.25, 0.3) is 0 Å². The molecule has 1 amide bonds. The number of hydrogen-bond donors (Lipinski definition) is 1. The van der Waals surface area contributed by atoms with Gasteiger partial charge >= 0.3 is 6.18 Å². The summed E-state index contributed by atoms with van der Waals surface area (Å²) in [5.74, 6) is -0.895. The summed E-state index contributed by atoms with van der Waals surface area (Å²) < 4.78 is 46.4. The summed E-state index contributed by atoms with van der Waals surface area (Å²) in [6.07, 6.45) is 0.617. The number of aromatic nitrogens is 2. The molecule has 1 N–H and O–H groups in total. The zero-order chi connectivity index (χ0) is 29.1. The summed E-state index contributed by atoms with van der Waals surface area (Å²) in [6, 6.07) is 9.17. The molecule has 1 aromatic carbocycles. The van der Waals surface area contributed by atoms with Crippen molar-refractivity contribution in [3.8, 4) is 0 Å². The highest BCUT2D eigenvalue weighted by atomic mass is 19.4. The number of ketones is 1. The van der Waals surface area contributed by atoms with E-state index in [0.29, 0.717) is 37.6 Å². The monoisotopic (exact) mass is 569 g/mol. The first-order valence-electron chi connectivity index (χ1n) is 14.0. The molecule has 2 aliphatic heterocycles. The lowest BCUT2D eigenvalue weighted by Crippen LogP contribution is -2.45. The Labute approximate surface area is 236 Å². The zero-order valence-corrected chi connectivity index (χ0v) is 23.3. The van der Waals surface area contributed by atoms with E-state index in [4.69, 9.17) is 4.42 Å². The van der Waals surface area contributed by atoms with Gasteiger partial charge in [-0.25, -0.2) is 4.98 Å². The molecule has 0 atom stereocenters. The van der Waals surface area contributed by atoms with E-state index >= 15 is 0 Å². The lowest BCUT2D eigenvalue weighted by molar-refractivity contribution is -0.141. The largest absolute Gasteiger partial charge is 0.437 e. The molecule has 5 rings (SSSR count). The number of anilines is 2. The van der Waals surface area contributed by atoms with E-state index in [2.05, 4.69) is 20.2 Å². The lowest BCUT2D eigenvalue weighted by Gasteiger charge is -2.33. The van der Waals surface area contributed by atoms with Crippen LogP contribution in [-0.2, 0) is 12.6 Å². The van der Waals surface area contributed by atoms with E-state index < -0.39 is 23.4 Å². The van der Waals surface area contributed by atoms with Gasteiger partial charge in [0.1, 0.15) is 5.82 Å². The normalized spacial score (nSPS) is 16.6. The number of benzene rings is 1. The Balaban J connectivity index is 1.19. The quantitative estimate of drug-likeness (QED) is 0.375. The fraction of sp³-hybridized carbons (Fsp3) is 0.467. The lowest BCUT2D eigenvalue weighted by atomic mass is 10.00. The number of aryl methyl sites for hydroxylation is 2. The first-order chi connectivity index (χ1) is 19.6. The van der Waals surface area contributed by atoms with Gasteiger partial charge in [-0.15, -0.1) is 0 Å². The molecule has 2 aromatic heterocycles. The summed E-state index contributed by atoms with van der Waals surface area (Å²) >= 11 is 0. The molecular weight excluding hydrogens is 535 g/mol. The van der Waals surface area contributed by atoms with Crippen LogP contribution < -0.4 is 15.1 Å². The Morgan fingerprint density at radius 2 is 1.66 bits per heavy atom. The number of hydrogen-bond acceptors (Lipinski definition) is 7. The summed E-state index contributed by atoms with van der Waals surface area (Å²) in [7, 11) is 0. The first kappa shape index (κ1) is 28.6. The minimum absolute atomic E-state index is 0.0502. The zero-order valence-electron chi connectivity index (χ0n) is 23.3. The Morgan fingerprint density at radius 1 is 0.976 bits per heavy atom. The Morgan fingerprint density at radius 3 is 2.27 bits per heavy atom. The molecular formula is C30H34F3N5O3. The molecule has 0 spiro atoms. The molecule has 2 fully saturated rings. The molecule has 8 nitrogen and oxygen atoms in total. The fourth-order valence-corrected chi connectivity index (χ4v) is 5.57. The molecule has 41 heavy (non-hydrogen) atoms. The molecule has 0 radical (unpaired) electrons. The molecule has 2 saturated heterocycles. The van der Waals surface area contributed by atoms with Crippen molar-refractivity contribution in [2.24, 2.45) is 0 Å². The average molecular weight is 570 g/mol. The number of piperidine rings is 2. The molecule has 11 heteroatoms. The van der Waals surface area contributed by atoms with Crippen LogP contribution in [0.3, 0.4) is 0 Å². The van der Waals surface area contributed by atoms with Crippen LogP contribution in [-0.4, -0.2) is 53.9 Å². The van der Waals surface area contributed by atoms with Crippen molar-refractivity contribution in [3.63, 3.8) is 0 Å². The van der Waals surface area contributed by atoms with E-state index in [9.17, 15) is 22.8 Å². The van der Waals surface area contributed by atoms with Crippen molar-refractivity contribution in [3.05, 3.63) is 70.2 Å². The van der Waals surface area contributed by atoms with Crippen LogP contribution in [0.1, 0.15) is 75.4 Å². The van der Waals surface area contributed by atoms with Crippen LogP contribution in [0.5, 0.6) is 0 Å². The van der Waals surface area contributed by atoms with Gasteiger partial charge in [0.05, 0.1) is 0 Å². The topological polar surface area (TPSA) is 91.6 Å². The third-order valence-corrected chi connectivity index (χ3v) is 7.80. The van der Waals surface area contributed by atoms with Crippen LogP contribution in [0.15, 0.2) is 40.9 Å². The van der Waals surface area contributed by atoms with Gasteiger partial charge in [-0.1, -0.05) is 24.3 Å². The number of nitrogens with zero attached hydrogens (tertiary/aromatic N) is 4. The highest BCUT2D eigenvalue weighted by molar-refractivity contribution is 5.97. The number of Topliss-reactive ketones (excluding diaryl/α,β-unsaturated/α-hetero) is 1. The van der Waals surface area contributed by atoms with Gasteiger partial charge in [0.15, 0.2) is 5.69 Å². The second kappa shape index (κ2) is 11.9. The number of carbonyl (C=O) groups excluding carboxylic acids is 2. The van der Waals surface area contributed by atoms with Crippen molar-refractivity contribution >= 4 is 23.5 Å². The average Bonchev–Trinajstić information content (AvgIpc) is 3.41. The van der Waals surface area contributed by atoms with E-state index in [1.165, 1.54) is 6.20 Å². The van der Waals surface area contributed by atoms with Crippen LogP contribution in [0, 0.1) is 13.8 Å². The minimum atomic E-state index is -4.80. The summed E-state index contributed by atoms with van der Waals surface area (Å²) in [6.45, 7) is 6.34. The second-order valence-electron chi connectivity index (χ2n) is 10.8. The standard InChI is InChI=1S/C30H34F3N5O3/c1-19-7-6-8-20(2)25(19)28(40)35-22-11-15-37(16-12-22)24-10-9-21(18-34-24)17-23(39)26-27(30(31,32)33)36-29(41-26)38-13-4-3-5-14-38/h6-10,18,22H,3-5,11-17H2,1-2H3,(H,35,40). The molecule has 0 aliphatic carbocycles. The van der Waals surface area contributed by atoms with Gasteiger partial charge in [-0.3, -0.25) is 9.59 Å². The van der Waals surface area contributed by atoms with Gasteiger partial charge in [-0.05, 0) is 68.7 Å². The van der Waals surface area contributed by atoms with Crippen molar-refractivity contribution in [1.29, 1.82) is 0 Å².